The fourth-order valence-electron chi connectivity index (χ4n) is 2.32. The molecule has 0 saturated carbocycles. The third-order valence-electron chi connectivity index (χ3n) is 3.51. The van der Waals surface area contributed by atoms with Gasteiger partial charge in [-0.15, -0.1) is 0 Å². The van der Waals surface area contributed by atoms with Gasteiger partial charge in [0.25, 0.3) is 0 Å². The van der Waals surface area contributed by atoms with Crippen molar-refractivity contribution in [1.82, 2.24) is 10.2 Å². The van der Waals surface area contributed by atoms with Gasteiger partial charge in [0.05, 0.1) is 11.0 Å². The van der Waals surface area contributed by atoms with Crippen LogP contribution in [0.1, 0.15) is 25.8 Å². The van der Waals surface area contributed by atoms with Gasteiger partial charge in [-0.25, -0.2) is 8.78 Å². The van der Waals surface area contributed by atoms with Crippen LogP contribution in [-0.4, -0.2) is 28.8 Å². The SMILES string of the molecule is CC1NC(=O)CC(C)N(Cc2c(F)ccc(Br)c2F)C1=O. The van der Waals surface area contributed by atoms with Gasteiger partial charge in [-0.05, 0) is 41.9 Å². The molecular weight excluding hydrogens is 346 g/mol. The third kappa shape index (κ3) is 3.23. The zero-order valence-electron chi connectivity index (χ0n) is 11.6. The van der Waals surface area contributed by atoms with Crippen molar-refractivity contribution in [2.45, 2.75) is 38.9 Å². The van der Waals surface area contributed by atoms with Gasteiger partial charge in [0.15, 0.2) is 0 Å². The van der Waals surface area contributed by atoms with Crippen LogP contribution in [0.15, 0.2) is 16.6 Å². The smallest absolute Gasteiger partial charge is 0.245 e. The standard InChI is InChI=1S/C14H15BrF2N2O2/c1-7-5-12(20)18-8(2)14(21)19(7)6-9-11(16)4-3-10(15)13(9)17/h3-4,7-8H,5-6H2,1-2H3,(H,18,20). The number of rotatable bonds is 2. The van der Waals surface area contributed by atoms with Gasteiger partial charge in [0, 0.05) is 18.0 Å². The van der Waals surface area contributed by atoms with Gasteiger partial charge < -0.3 is 10.2 Å². The van der Waals surface area contributed by atoms with Crippen molar-refractivity contribution >= 4 is 27.7 Å². The van der Waals surface area contributed by atoms with Gasteiger partial charge in [0.2, 0.25) is 11.8 Å². The number of amides is 2. The molecule has 2 rings (SSSR count). The summed E-state index contributed by atoms with van der Waals surface area (Å²) in [5.41, 5.74) is -0.189. The average molecular weight is 361 g/mol. The number of hydrogen-bond donors (Lipinski definition) is 1. The molecule has 1 saturated heterocycles. The Morgan fingerprint density at radius 2 is 2.00 bits per heavy atom. The van der Waals surface area contributed by atoms with Crippen LogP contribution in [0.2, 0.25) is 0 Å². The minimum Gasteiger partial charge on any atom is -0.345 e. The van der Waals surface area contributed by atoms with E-state index >= 15 is 0 Å². The molecule has 0 aromatic heterocycles. The first-order valence-electron chi connectivity index (χ1n) is 6.53. The summed E-state index contributed by atoms with van der Waals surface area (Å²) < 4.78 is 28.0. The van der Waals surface area contributed by atoms with Crippen LogP contribution >= 0.6 is 15.9 Å². The molecule has 21 heavy (non-hydrogen) atoms. The lowest BCUT2D eigenvalue weighted by atomic mass is 10.1. The Bertz CT molecular complexity index is 595. The van der Waals surface area contributed by atoms with Crippen molar-refractivity contribution in [2.75, 3.05) is 0 Å². The van der Waals surface area contributed by atoms with Gasteiger partial charge in [-0.3, -0.25) is 9.59 Å². The molecule has 1 fully saturated rings. The summed E-state index contributed by atoms with van der Waals surface area (Å²) in [6.07, 6.45) is 0.104. The highest BCUT2D eigenvalue weighted by Gasteiger charge is 2.32. The van der Waals surface area contributed by atoms with Crippen LogP contribution in [0.5, 0.6) is 0 Å². The molecule has 0 spiro atoms. The molecule has 2 unspecified atom stereocenters. The van der Waals surface area contributed by atoms with E-state index in [1.807, 2.05) is 0 Å². The molecule has 114 valence electrons. The molecule has 1 aromatic carbocycles. The Labute approximate surface area is 129 Å². The monoisotopic (exact) mass is 360 g/mol. The molecule has 2 atom stereocenters. The minimum absolute atomic E-state index is 0.104. The van der Waals surface area contributed by atoms with Gasteiger partial charge in [-0.2, -0.15) is 0 Å². The van der Waals surface area contributed by atoms with E-state index < -0.39 is 23.7 Å². The van der Waals surface area contributed by atoms with Crippen molar-refractivity contribution < 1.29 is 18.4 Å². The number of nitrogens with one attached hydrogen (secondary N) is 1. The summed E-state index contributed by atoms with van der Waals surface area (Å²) in [7, 11) is 0. The molecule has 1 aliphatic rings. The highest BCUT2D eigenvalue weighted by molar-refractivity contribution is 9.10. The Morgan fingerprint density at radius 1 is 1.33 bits per heavy atom. The van der Waals surface area contributed by atoms with E-state index in [1.54, 1.807) is 13.8 Å². The Hall–Kier alpha value is -1.50. The zero-order chi connectivity index (χ0) is 15.7. The molecule has 1 aromatic rings. The molecule has 4 nitrogen and oxygen atoms in total. The molecule has 1 N–H and O–H groups in total. The maximum atomic E-state index is 14.0. The van der Waals surface area contributed by atoms with E-state index in [-0.39, 0.29) is 34.8 Å². The van der Waals surface area contributed by atoms with Crippen LogP contribution in [-0.2, 0) is 16.1 Å². The van der Waals surface area contributed by atoms with Crippen LogP contribution in [0.4, 0.5) is 8.78 Å². The lowest BCUT2D eigenvalue weighted by molar-refractivity contribution is -0.135. The highest BCUT2D eigenvalue weighted by atomic mass is 79.9. The second-order valence-electron chi connectivity index (χ2n) is 5.13. The van der Waals surface area contributed by atoms with E-state index in [9.17, 15) is 18.4 Å². The van der Waals surface area contributed by atoms with E-state index in [2.05, 4.69) is 21.2 Å². The Morgan fingerprint density at radius 3 is 2.67 bits per heavy atom. The third-order valence-corrected chi connectivity index (χ3v) is 4.12. The molecule has 0 bridgehead atoms. The summed E-state index contributed by atoms with van der Waals surface area (Å²) >= 11 is 3.00. The quantitative estimate of drug-likeness (QED) is 0.823. The number of benzene rings is 1. The number of carbonyl (C=O) groups is 2. The first-order valence-corrected chi connectivity index (χ1v) is 7.32. The lowest BCUT2D eigenvalue weighted by Crippen LogP contribution is -2.44. The molecule has 7 heteroatoms. The van der Waals surface area contributed by atoms with Gasteiger partial charge in [-0.1, -0.05) is 0 Å². The molecule has 1 heterocycles. The minimum atomic E-state index is -0.730. The number of halogens is 3. The molecule has 1 aliphatic heterocycles. The van der Waals surface area contributed by atoms with E-state index in [1.165, 1.54) is 11.0 Å². The van der Waals surface area contributed by atoms with Crippen LogP contribution in [0.3, 0.4) is 0 Å². The second-order valence-corrected chi connectivity index (χ2v) is 5.98. The summed E-state index contributed by atoms with van der Waals surface area (Å²) in [5, 5.41) is 2.55. The molecule has 0 aliphatic carbocycles. The zero-order valence-corrected chi connectivity index (χ0v) is 13.2. The molecule has 0 radical (unpaired) electrons. The highest BCUT2D eigenvalue weighted by Crippen LogP contribution is 2.24. The molecule has 2 amide bonds. The van der Waals surface area contributed by atoms with Crippen molar-refractivity contribution in [2.24, 2.45) is 0 Å². The fraction of sp³-hybridized carbons (Fsp3) is 0.429. The Kier molecular flexibility index (Phi) is 4.61. The molecular formula is C14H15BrF2N2O2. The van der Waals surface area contributed by atoms with Gasteiger partial charge >= 0.3 is 0 Å². The van der Waals surface area contributed by atoms with Crippen LogP contribution in [0, 0.1) is 11.6 Å². The number of hydrogen-bond acceptors (Lipinski definition) is 2. The normalized spacial score (nSPS) is 23.0. The second kappa shape index (κ2) is 6.09. The van der Waals surface area contributed by atoms with Crippen LogP contribution < -0.4 is 5.32 Å². The topological polar surface area (TPSA) is 49.4 Å². The lowest BCUT2D eigenvalue weighted by Gasteiger charge is -2.28. The summed E-state index contributed by atoms with van der Waals surface area (Å²) in [5.74, 6) is -2.05. The predicted octanol–water partition coefficient (Wildman–Crippen LogP) is 2.35. The number of nitrogens with zero attached hydrogens (tertiary/aromatic N) is 1. The summed E-state index contributed by atoms with van der Waals surface area (Å²) in [4.78, 5) is 25.2. The number of carbonyl (C=O) groups excluding carboxylic acids is 2. The van der Waals surface area contributed by atoms with Crippen molar-refractivity contribution in [3.8, 4) is 0 Å². The maximum Gasteiger partial charge on any atom is 0.245 e. The first kappa shape index (κ1) is 15.9. The summed E-state index contributed by atoms with van der Waals surface area (Å²) in [6, 6.07) is 1.28. The van der Waals surface area contributed by atoms with E-state index in [0.717, 1.165) is 6.07 Å². The van der Waals surface area contributed by atoms with Crippen molar-refractivity contribution in [3.63, 3.8) is 0 Å². The van der Waals surface area contributed by atoms with E-state index in [4.69, 9.17) is 0 Å². The van der Waals surface area contributed by atoms with E-state index in [0.29, 0.717) is 0 Å². The van der Waals surface area contributed by atoms with Crippen molar-refractivity contribution in [1.29, 1.82) is 0 Å². The maximum absolute atomic E-state index is 14.0. The first-order chi connectivity index (χ1) is 9.81. The van der Waals surface area contributed by atoms with Crippen molar-refractivity contribution in [3.05, 3.63) is 33.8 Å². The largest absolute Gasteiger partial charge is 0.345 e. The Balaban J connectivity index is 2.35. The average Bonchev–Trinajstić information content (AvgIpc) is 2.49. The summed E-state index contributed by atoms with van der Waals surface area (Å²) in [6.45, 7) is 3.03. The fourth-order valence-corrected chi connectivity index (χ4v) is 2.70. The van der Waals surface area contributed by atoms with Gasteiger partial charge in [0.1, 0.15) is 17.7 Å². The predicted molar refractivity (Wildman–Crippen MR) is 76.3 cm³/mol. The van der Waals surface area contributed by atoms with Crippen LogP contribution in [0.25, 0.3) is 0 Å².